The predicted octanol–water partition coefficient (Wildman–Crippen LogP) is 5.22. The van der Waals surface area contributed by atoms with Gasteiger partial charge in [-0.05, 0) is 56.4 Å². The first kappa shape index (κ1) is 24.1. The lowest BCUT2D eigenvalue weighted by molar-refractivity contribution is -0.144. The van der Waals surface area contributed by atoms with Crippen molar-refractivity contribution in [1.29, 1.82) is 0 Å². The molecule has 0 unspecified atom stereocenters. The molecule has 0 heterocycles. The molecule has 2 aromatic carbocycles. The molecule has 0 bridgehead atoms. The normalized spacial score (nSPS) is 11.4. The molecule has 6 heteroatoms. The molecule has 0 amide bonds. The third kappa shape index (κ3) is 6.04. The van der Waals surface area contributed by atoms with E-state index in [1.807, 2.05) is 27.7 Å². The number of hydrogen-bond donors (Lipinski definition) is 4. The lowest BCUT2D eigenvalue weighted by atomic mass is 9.81. The minimum Gasteiger partial charge on any atom is -0.508 e. The van der Waals surface area contributed by atoms with Gasteiger partial charge in [0.05, 0.1) is 5.41 Å². The zero-order valence-corrected chi connectivity index (χ0v) is 18.0. The predicted molar refractivity (Wildman–Crippen MR) is 113 cm³/mol. The quantitative estimate of drug-likeness (QED) is 0.402. The number of carbonyl (C=O) groups is 1. The molecule has 29 heavy (non-hydrogen) atoms. The Bertz CT molecular complexity index is 799. The van der Waals surface area contributed by atoms with Gasteiger partial charge in [-0.2, -0.15) is 0 Å². The lowest BCUT2D eigenvalue weighted by Gasteiger charge is -2.24. The van der Waals surface area contributed by atoms with Gasteiger partial charge in [0.25, 0.3) is 0 Å². The fraction of sp³-hybridized carbons (Fsp3) is 0.435. The summed E-state index contributed by atoms with van der Waals surface area (Å²) in [4.78, 5) is 11.7. The molecule has 0 aromatic heterocycles. The van der Waals surface area contributed by atoms with Crippen LogP contribution in [0.3, 0.4) is 0 Å². The maximum absolute atomic E-state index is 11.7. The molecular formula is C23H32O6. The second-order valence-corrected chi connectivity index (χ2v) is 8.16. The summed E-state index contributed by atoms with van der Waals surface area (Å²) in [6.07, 6.45) is 1.48. The van der Waals surface area contributed by atoms with Crippen molar-refractivity contribution in [2.45, 2.75) is 59.8 Å². The van der Waals surface area contributed by atoms with Crippen molar-refractivity contribution in [2.75, 3.05) is 0 Å². The van der Waals surface area contributed by atoms with Gasteiger partial charge in [-0.1, -0.05) is 39.8 Å². The van der Waals surface area contributed by atoms with Crippen molar-refractivity contribution in [1.82, 2.24) is 0 Å². The molecule has 0 saturated carbocycles. The van der Waals surface area contributed by atoms with E-state index >= 15 is 0 Å². The number of esters is 1. The second kappa shape index (κ2) is 9.54. The first-order valence-corrected chi connectivity index (χ1v) is 9.62. The van der Waals surface area contributed by atoms with E-state index < -0.39 is 11.4 Å². The number of rotatable bonds is 5. The molecule has 6 nitrogen and oxygen atoms in total. The molecule has 4 N–H and O–H groups in total. The fourth-order valence-electron chi connectivity index (χ4n) is 2.39. The van der Waals surface area contributed by atoms with Gasteiger partial charge in [-0.25, -0.2) is 0 Å². The monoisotopic (exact) mass is 404 g/mol. The first-order valence-electron chi connectivity index (χ1n) is 9.62. The zero-order chi connectivity index (χ0) is 22.4. The molecular weight excluding hydrogens is 372 g/mol. The molecule has 160 valence electrons. The number of benzene rings is 2. The van der Waals surface area contributed by atoms with Crippen LogP contribution in [0.1, 0.15) is 59.9 Å². The van der Waals surface area contributed by atoms with E-state index in [9.17, 15) is 25.2 Å². The largest absolute Gasteiger partial charge is 0.508 e. The SMILES string of the molecule is CCC(C)(C)C(=O)Oc1c(O)cccc1O.CCC(C)(C)c1c(O)cccc1O. The van der Waals surface area contributed by atoms with Crippen LogP contribution in [-0.4, -0.2) is 26.4 Å². The van der Waals surface area contributed by atoms with Crippen molar-refractivity contribution in [2.24, 2.45) is 5.41 Å². The fourth-order valence-corrected chi connectivity index (χ4v) is 2.39. The summed E-state index contributed by atoms with van der Waals surface area (Å²) in [6.45, 7) is 11.4. The molecule has 0 saturated heterocycles. The first-order chi connectivity index (χ1) is 13.4. The van der Waals surface area contributed by atoms with Gasteiger partial charge in [0.2, 0.25) is 5.75 Å². The smallest absolute Gasteiger partial charge is 0.317 e. The van der Waals surface area contributed by atoms with Crippen molar-refractivity contribution >= 4 is 5.97 Å². The Hall–Kier alpha value is -2.89. The highest BCUT2D eigenvalue weighted by molar-refractivity contribution is 5.79. The summed E-state index contributed by atoms with van der Waals surface area (Å²) in [7, 11) is 0. The zero-order valence-electron chi connectivity index (χ0n) is 18.0. The molecule has 0 radical (unpaired) electrons. The Balaban J connectivity index is 0.000000296. The van der Waals surface area contributed by atoms with Crippen LogP contribution in [0.4, 0.5) is 0 Å². The second-order valence-electron chi connectivity index (χ2n) is 8.16. The third-order valence-corrected chi connectivity index (χ3v) is 5.19. The van der Waals surface area contributed by atoms with Crippen molar-refractivity contribution in [3.05, 3.63) is 42.0 Å². The summed E-state index contributed by atoms with van der Waals surface area (Å²) >= 11 is 0. The van der Waals surface area contributed by atoms with Crippen LogP contribution in [0, 0.1) is 5.41 Å². The molecule has 0 aliphatic carbocycles. The molecule has 0 spiro atoms. The number of phenols is 4. The van der Waals surface area contributed by atoms with Crippen LogP contribution >= 0.6 is 0 Å². The number of carbonyl (C=O) groups excluding carboxylic acids is 1. The summed E-state index contributed by atoms with van der Waals surface area (Å²) < 4.78 is 4.99. The van der Waals surface area contributed by atoms with E-state index in [0.29, 0.717) is 12.0 Å². The van der Waals surface area contributed by atoms with Crippen LogP contribution in [0.25, 0.3) is 0 Å². The Morgan fingerprint density at radius 2 is 1.21 bits per heavy atom. The highest BCUT2D eigenvalue weighted by Gasteiger charge is 2.29. The molecule has 0 aliphatic heterocycles. The molecule has 0 atom stereocenters. The van der Waals surface area contributed by atoms with E-state index in [2.05, 4.69) is 0 Å². The Morgan fingerprint density at radius 3 is 1.59 bits per heavy atom. The van der Waals surface area contributed by atoms with Crippen molar-refractivity contribution < 1.29 is 30.0 Å². The van der Waals surface area contributed by atoms with E-state index in [1.54, 1.807) is 32.0 Å². The average Bonchev–Trinajstić information content (AvgIpc) is 2.65. The maximum Gasteiger partial charge on any atom is 0.317 e. The number of hydrogen-bond acceptors (Lipinski definition) is 6. The maximum atomic E-state index is 11.7. The molecule has 0 aliphatic rings. The van der Waals surface area contributed by atoms with Gasteiger partial charge in [0.15, 0.2) is 11.5 Å². The number of para-hydroxylation sites is 1. The van der Waals surface area contributed by atoms with Crippen LogP contribution in [0.2, 0.25) is 0 Å². The van der Waals surface area contributed by atoms with Crippen LogP contribution in [0.15, 0.2) is 36.4 Å². The average molecular weight is 405 g/mol. The highest BCUT2D eigenvalue weighted by Crippen LogP contribution is 2.39. The van der Waals surface area contributed by atoms with E-state index in [4.69, 9.17) is 4.74 Å². The Labute approximate surface area is 172 Å². The van der Waals surface area contributed by atoms with Gasteiger partial charge < -0.3 is 25.2 Å². The highest BCUT2D eigenvalue weighted by atomic mass is 16.5. The number of aromatic hydroxyl groups is 4. The van der Waals surface area contributed by atoms with Gasteiger partial charge in [0, 0.05) is 5.56 Å². The standard InChI is InChI=1S/C12H16O4.C11H16O2/c1-4-12(2,3)11(15)16-10-8(13)6-5-7-9(10)14;1-4-11(2,3)10-8(12)6-5-7-9(10)13/h5-7,13-14H,4H2,1-3H3;5-7,12-13H,4H2,1-3H3. The third-order valence-electron chi connectivity index (χ3n) is 5.19. The molecule has 2 rings (SSSR count). The lowest BCUT2D eigenvalue weighted by Crippen LogP contribution is -2.28. The Kier molecular flexibility index (Phi) is 7.95. The molecule has 0 fully saturated rings. The number of phenolic OH excluding ortho intramolecular Hbond substituents is 4. The topological polar surface area (TPSA) is 107 Å². The van der Waals surface area contributed by atoms with Gasteiger partial charge in [0.1, 0.15) is 11.5 Å². The van der Waals surface area contributed by atoms with Crippen LogP contribution < -0.4 is 4.74 Å². The minimum absolute atomic E-state index is 0.173. The van der Waals surface area contributed by atoms with Gasteiger partial charge in [-0.3, -0.25) is 4.79 Å². The van der Waals surface area contributed by atoms with Crippen LogP contribution in [-0.2, 0) is 10.2 Å². The summed E-state index contributed by atoms with van der Waals surface area (Å²) in [5.74, 6) is -0.819. The van der Waals surface area contributed by atoms with Gasteiger partial charge in [-0.15, -0.1) is 0 Å². The Morgan fingerprint density at radius 1 is 0.793 bits per heavy atom. The van der Waals surface area contributed by atoms with Gasteiger partial charge >= 0.3 is 5.97 Å². The van der Waals surface area contributed by atoms with E-state index in [-0.39, 0.29) is 34.2 Å². The van der Waals surface area contributed by atoms with Crippen molar-refractivity contribution in [3.63, 3.8) is 0 Å². The molecule has 2 aromatic rings. The van der Waals surface area contributed by atoms with Crippen molar-refractivity contribution in [3.8, 4) is 28.7 Å². The van der Waals surface area contributed by atoms with E-state index in [0.717, 1.165) is 6.42 Å². The summed E-state index contributed by atoms with van der Waals surface area (Å²) in [6, 6.07) is 9.01. The summed E-state index contributed by atoms with van der Waals surface area (Å²) in [5, 5.41) is 38.1. The van der Waals surface area contributed by atoms with Crippen LogP contribution in [0.5, 0.6) is 28.7 Å². The number of ether oxygens (including phenoxy) is 1. The minimum atomic E-state index is -0.644. The summed E-state index contributed by atoms with van der Waals surface area (Å²) in [5.41, 5.74) is -0.193. The van der Waals surface area contributed by atoms with E-state index in [1.165, 1.54) is 18.2 Å².